The molecule has 0 aliphatic carbocycles. The van der Waals surface area contributed by atoms with Crippen molar-refractivity contribution in [2.24, 2.45) is 0 Å². The molecular formula is C18H28N6O3. The summed E-state index contributed by atoms with van der Waals surface area (Å²) in [5.74, 6) is 0.503. The number of anilines is 1. The summed E-state index contributed by atoms with van der Waals surface area (Å²) in [5, 5.41) is 7.21. The topological polar surface area (TPSA) is 82.9 Å². The van der Waals surface area contributed by atoms with Crippen molar-refractivity contribution in [1.29, 1.82) is 0 Å². The van der Waals surface area contributed by atoms with E-state index in [1.165, 1.54) is 6.42 Å². The van der Waals surface area contributed by atoms with Crippen LogP contribution >= 0.6 is 0 Å². The van der Waals surface area contributed by atoms with Gasteiger partial charge in [0.15, 0.2) is 5.82 Å². The van der Waals surface area contributed by atoms with Gasteiger partial charge in [-0.3, -0.25) is 19.7 Å². The SMILES string of the molecule is CN1C2CCC1CN(C(=O)Nc1ccn(CC(=O)N3CCOCC3)n1)CC2. The van der Waals surface area contributed by atoms with E-state index in [4.69, 9.17) is 4.74 Å². The maximum Gasteiger partial charge on any atom is 0.323 e. The second-order valence-electron chi connectivity index (χ2n) is 7.61. The molecule has 9 nitrogen and oxygen atoms in total. The molecule has 3 amide bonds. The van der Waals surface area contributed by atoms with Gasteiger partial charge in [0.05, 0.1) is 13.2 Å². The molecule has 148 valence electrons. The van der Waals surface area contributed by atoms with Crippen LogP contribution in [0.3, 0.4) is 0 Å². The molecular weight excluding hydrogens is 348 g/mol. The summed E-state index contributed by atoms with van der Waals surface area (Å²) in [4.78, 5) is 31.0. The number of likely N-dealkylation sites (N-methyl/N-ethyl adjacent to an activating group) is 1. The van der Waals surface area contributed by atoms with Crippen molar-refractivity contribution < 1.29 is 14.3 Å². The van der Waals surface area contributed by atoms with Crippen molar-refractivity contribution in [2.75, 3.05) is 51.8 Å². The monoisotopic (exact) mass is 376 g/mol. The Kier molecular flexibility index (Phi) is 5.31. The van der Waals surface area contributed by atoms with Gasteiger partial charge in [-0.05, 0) is 26.3 Å². The highest BCUT2D eigenvalue weighted by molar-refractivity contribution is 5.88. The number of hydrogen-bond acceptors (Lipinski definition) is 5. The van der Waals surface area contributed by atoms with Crippen LogP contribution in [0.25, 0.3) is 0 Å². The van der Waals surface area contributed by atoms with Crippen LogP contribution in [-0.4, -0.2) is 94.9 Å². The van der Waals surface area contributed by atoms with Gasteiger partial charge in [0.2, 0.25) is 5.91 Å². The van der Waals surface area contributed by atoms with Crippen LogP contribution in [0.5, 0.6) is 0 Å². The smallest absolute Gasteiger partial charge is 0.323 e. The first-order valence-corrected chi connectivity index (χ1v) is 9.77. The third-order valence-corrected chi connectivity index (χ3v) is 5.97. The number of ether oxygens (including phenoxy) is 1. The fourth-order valence-electron chi connectivity index (χ4n) is 4.25. The molecule has 2 unspecified atom stereocenters. The number of morpholine rings is 1. The van der Waals surface area contributed by atoms with Crippen LogP contribution in [0.1, 0.15) is 19.3 Å². The van der Waals surface area contributed by atoms with Gasteiger partial charge < -0.3 is 14.5 Å². The summed E-state index contributed by atoms with van der Waals surface area (Å²) < 4.78 is 6.84. The number of carbonyl (C=O) groups is 2. The average molecular weight is 376 g/mol. The van der Waals surface area contributed by atoms with Gasteiger partial charge in [0.25, 0.3) is 0 Å². The molecule has 27 heavy (non-hydrogen) atoms. The quantitative estimate of drug-likeness (QED) is 0.828. The van der Waals surface area contributed by atoms with Crippen molar-refractivity contribution >= 4 is 17.8 Å². The molecule has 2 atom stereocenters. The van der Waals surface area contributed by atoms with Gasteiger partial charge in [-0.15, -0.1) is 0 Å². The van der Waals surface area contributed by atoms with Crippen molar-refractivity contribution in [3.63, 3.8) is 0 Å². The highest BCUT2D eigenvalue weighted by Crippen LogP contribution is 2.28. The van der Waals surface area contributed by atoms with E-state index in [9.17, 15) is 9.59 Å². The van der Waals surface area contributed by atoms with Crippen molar-refractivity contribution in [3.8, 4) is 0 Å². The van der Waals surface area contributed by atoms with Gasteiger partial charge in [-0.1, -0.05) is 0 Å². The summed E-state index contributed by atoms with van der Waals surface area (Å²) >= 11 is 0. The van der Waals surface area contributed by atoms with E-state index in [1.54, 1.807) is 21.8 Å². The molecule has 0 saturated carbocycles. The first-order chi connectivity index (χ1) is 13.1. The highest BCUT2D eigenvalue weighted by atomic mass is 16.5. The second kappa shape index (κ2) is 7.85. The summed E-state index contributed by atoms with van der Waals surface area (Å²) in [6.45, 7) is 4.11. The third kappa shape index (κ3) is 4.08. The molecule has 1 N–H and O–H groups in total. The Morgan fingerprint density at radius 1 is 1.15 bits per heavy atom. The number of nitrogens with one attached hydrogen (secondary N) is 1. The van der Waals surface area contributed by atoms with E-state index in [-0.39, 0.29) is 18.5 Å². The Hall–Kier alpha value is -2.13. The van der Waals surface area contributed by atoms with Crippen molar-refractivity contribution in [2.45, 2.75) is 37.9 Å². The van der Waals surface area contributed by atoms with Crippen molar-refractivity contribution in [3.05, 3.63) is 12.3 Å². The lowest BCUT2D eigenvalue weighted by atomic mass is 10.1. The maximum atomic E-state index is 12.6. The van der Waals surface area contributed by atoms with Crippen LogP contribution in [0, 0.1) is 0 Å². The number of likely N-dealkylation sites (tertiary alicyclic amines) is 1. The normalized spacial score (nSPS) is 26.1. The molecule has 3 aliphatic rings. The maximum absolute atomic E-state index is 12.6. The number of rotatable bonds is 3. The molecule has 0 aromatic carbocycles. The second-order valence-corrected chi connectivity index (χ2v) is 7.61. The molecule has 1 aromatic rings. The molecule has 2 bridgehead atoms. The first kappa shape index (κ1) is 18.2. The van der Waals surface area contributed by atoms with Gasteiger partial charge >= 0.3 is 6.03 Å². The Labute approximate surface area is 159 Å². The minimum atomic E-state index is -0.110. The Bertz CT molecular complexity index is 686. The fraction of sp³-hybridized carbons (Fsp3) is 0.722. The minimum absolute atomic E-state index is 0.0193. The Morgan fingerprint density at radius 3 is 2.74 bits per heavy atom. The van der Waals surface area contributed by atoms with Gasteiger partial charge in [0.1, 0.15) is 6.54 Å². The Morgan fingerprint density at radius 2 is 1.93 bits per heavy atom. The number of fused-ring (bicyclic) bond motifs is 2. The number of aromatic nitrogens is 2. The Balaban J connectivity index is 1.31. The predicted octanol–water partition coefficient (Wildman–Crippen LogP) is 0.442. The molecule has 3 aliphatic heterocycles. The largest absolute Gasteiger partial charge is 0.378 e. The lowest BCUT2D eigenvalue weighted by Gasteiger charge is -2.26. The van der Waals surface area contributed by atoms with Gasteiger partial charge in [-0.25, -0.2) is 4.79 Å². The molecule has 4 rings (SSSR count). The standard InChI is InChI=1S/C18H28N6O3/c1-21-14-2-3-15(21)12-23(6-4-14)18(26)19-16-5-7-24(20-16)13-17(25)22-8-10-27-11-9-22/h5,7,14-15H,2-4,6,8-13H2,1H3,(H,19,20,26). The van der Waals surface area contributed by atoms with Gasteiger partial charge in [-0.2, -0.15) is 5.10 Å². The lowest BCUT2D eigenvalue weighted by molar-refractivity contribution is -0.136. The van der Waals surface area contributed by atoms with E-state index in [0.717, 1.165) is 25.9 Å². The molecule has 3 fully saturated rings. The minimum Gasteiger partial charge on any atom is -0.378 e. The summed E-state index contributed by atoms with van der Waals surface area (Å²) in [6, 6.07) is 2.67. The summed E-state index contributed by atoms with van der Waals surface area (Å²) in [6.07, 6.45) is 5.14. The summed E-state index contributed by atoms with van der Waals surface area (Å²) in [7, 11) is 2.16. The lowest BCUT2D eigenvalue weighted by Crippen LogP contribution is -2.42. The zero-order valence-electron chi connectivity index (χ0n) is 15.8. The number of nitrogens with zero attached hydrogens (tertiary/aromatic N) is 5. The number of amides is 3. The van der Waals surface area contributed by atoms with E-state index in [1.807, 2.05) is 4.90 Å². The van der Waals surface area contributed by atoms with Crippen molar-refractivity contribution in [1.82, 2.24) is 24.5 Å². The molecule has 1 aromatic heterocycles. The number of urea groups is 1. The molecule has 9 heteroatoms. The zero-order chi connectivity index (χ0) is 18.8. The average Bonchev–Trinajstić information content (AvgIpc) is 3.19. The fourth-order valence-corrected chi connectivity index (χ4v) is 4.25. The van der Waals surface area contributed by atoms with Crippen LogP contribution < -0.4 is 5.32 Å². The zero-order valence-corrected chi connectivity index (χ0v) is 15.8. The van der Waals surface area contributed by atoms with Crippen LogP contribution in [0.4, 0.5) is 10.6 Å². The number of hydrogen-bond donors (Lipinski definition) is 1. The third-order valence-electron chi connectivity index (χ3n) is 5.97. The number of carbonyl (C=O) groups excluding carboxylic acids is 2. The van der Waals surface area contributed by atoms with E-state index < -0.39 is 0 Å². The van der Waals surface area contributed by atoms with Crippen LogP contribution in [0.15, 0.2) is 12.3 Å². The molecule has 3 saturated heterocycles. The van der Waals surface area contributed by atoms with Gasteiger partial charge in [0, 0.05) is 50.5 Å². The summed E-state index contributed by atoms with van der Waals surface area (Å²) in [5.41, 5.74) is 0. The van der Waals surface area contributed by atoms with E-state index in [0.29, 0.717) is 44.2 Å². The van der Waals surface area contributed by atoms with E-state index in [2.05, 4.69) is 22.4 Å². The highest BCUT2D eigenvalue weighted by Gasteiger charge is 2.36. The van der Waals surface area contributed by atoms with Crippen LogP contribution in [0.2, 0.25) is 0 Å². The first-order valence-electron chi connectivity index (χ1n) is 9.77. The van der Waals surface area contributed by atoms with Crippen LogP contribution in [-0.2, 0) is 16.1 Å². The molecule has 0 spiro atoms. The predicted molar refractivity (Wildman–Crippen MR) is 99.4 cm³/mol. The molecule has 4 heterocycles. The molecule has 0 radical (unpaired) electrons. The van der Waals surface area contributed by atoms with E-state index >= 15 is 0 Å².